The third-order valence-corrected chi connectivity index (χ3v) is 4.58. The number of benzene rings is 1. The topological polar surface area (TPSA) is 77.6 Å². The lowest BCUT2D eigenvalue weighted by Crippen LogP contribution is -2.51. The summed E-state index contributed by atoms with van der Waals surface area (Å²) < 4.78 is 12.5. The SMILES string of the molecule is CC1CN(C(=O)Cn2cnc3c(oc4ccccc43)c2=O)C(C)CO1. The standard InChI is InChI=1S/C18H19N3O4/c1-11-9-24-12(2)7-21(11)15(22)8-20-10-19-16-13-5-3-4-6-14(13)25-17(16)18(20)23/h3-6,10-12H,7-9H2,1-2H3. The van der Waals surface area contributed by atoms with E-state index in [0.717, 1.165) is 5.39 Å². The van der Waals surface area contributed by atoms with Crippen molar-refractivity contribution < 1.29 is 13.9 Å². The number of carbonyl (C=O) groups is 1. The molecule has 2 atom stereocenters. The third kappa shape index (κ3) is 2.70. The van der Waals surface area contributed by atoms with E-state index in [2.05, 4.69) is 4.98 Å². The van der Waals surface area contributed by atoms with E-state index in [1.54, 1.807) is 11.0 Å². The monoisotopic (exact) mass is 341 g/mol. The first-order valence-electron chi connectivity index (χ1n) is 8.32. The lowest BCUT2D eigenvalue weighted by Gasteiger charge is -2.36. The van der Waals surface area contributed by atoms with Crippen molar-refractivity contribution in [1.82, 2.24) is 14.5 Å². The number of morpholine rings is 1. The molecule has 3 heterocycles. The van der Waals surface area contributed by atoms with Gasteiger partial charge in [-0.1, -0.05) is 12.1 Å². The molecular weight excluding hydrogens is 322 g/mol. The van der Waals surface area contributed by atoms with E-state index in [9.17, 15) is 9.59 Å². The zero-order chi connectivity index (χ0) is 17.6. The molecule has 2 unspecified atom stereocenters. The van der Waals surface area contributed by atoms with Crippen molar-refractivity contribution in [3.8, 4) is 0 Å². The summed E-state index contributed by atoms with van der Waals surface area (Å²) in [5, 5.41) is 0.795. The molecule has 1 aliphatic rings. The van der Waals surface area contributed by atoms with Crippen LogP contribution in [-0.2, 0) is 16.1 Å². The van der Waals surface area contributed by atoms with Crippen molar-refractivity contribution in [2.24, 2.45) is 0 Å². The van der Waals surface area contributed by atoms with Crippen molar-refractivity contribution >= 4 is 28.0 Å². The molecule has 0 bridgehead atoms. The molecule has 0 aliphatic carbocycles. The van der Waals surface area contributed by atoms with Gasteiger partial charge in [-0.3, -0.25) is 14.2 Å². The van der Waals surface area contributed by atoms with Crippen LogP contribution in [0.1, 0.15) is 13.8 Å². The number of hydrogen-bond donors (Lipinski definition) is 0. The second-order valence-corrected chi connectivity index (χ2v) is 6.49. The van der Waals surface area contributed by atoms with E-state index in [0.29, 0.717) is 24.3 Å². The molecule has 0 saturated carbocycles. The molecule has 7 heteroatoms. The van der Waals surface area contributed by atoms with Crippen LogP contribution < -0.4 is 5.56 Å². The number of ether oxygens (including phenoxy) is 1. The highest BCUT2D eigenvalue weighted by Gasteiger charge is 2.28. The van der Waals surface area contributed by atoms with Gasteiger partial charge in [0.2, 0.25) is 11.5 Å². The van der Waals surface area contributed by atoms with Crippen LogP contribution >= 0.6 is 0 Å². The smallest absolute Gasteiger partial charge is 0.297 e. The fraction of sp³-hybridized carbons (Fsp3) is 0.389. The summed E-state index contributed by atoms with van der Waals surface area (Å²) in [4.78, 5) is 31.4. The molecular formula is C18H19N3O4. The average Bonchev–Trinajstić information content (AvgIpc) is 2.99. The van der Waals surface area contributed by atoms with Crippen LogP contribution in [0.4, 0.5) is 0 Å². The minimum atomic E-state index is -0.344. The zero-order valence-corrected chi connectivity index (χ0v) is 14.1. The van der Waals surface area contributed by atoms with Gasteiger partial charge in [0.05, 0.1) is 25.1 Å². The summed E-state index contributed by atoms with van der Waals surface area (Å²) >= 11 is 0. The largest absolute Gasteiger partial charge is 0.448 e. The highest BCUT2D eigenvalue weighted by molar-refractivity contribution is 6.01. The third-order valence-electron chi connectivity index (χ3n) is 4.58. The lowest BCUT2D eigenvalue weighted by molar-refractivity contribution is -0.143. The second kappa shape index (κ2) is 6.00. The molecule has 1 fully saturated rings. The average molecular weight is 341 g/mol. The van der Waals surface area contributed by atoms with Crippen LogP contribution in [0.15, 0.2) is 39.8 Å². The van der Waals surface area contributed by atoms with Crippen LogP contribution in [0.3, 0.4) is 0 Å². The molecule has 1 saturated heterocycles. The lowest BCUT2D eigenvalue weighted by atomic mass is 10.2. The van der Waals surface area contributed by atoms with Crippen LogP contribution in [0.2, 0.25) is 0 Å². The quantitative estimate of drug-likeness (QED) is 0.710. The maximum atomic E-state index is 12.7. The molecule has 130 valence electrons. The summed E-state index contributed by atoms with van der Waals surface area (Å²) in [6, 6.07) is 7.35. The first-order valence-corrected chi connectivity index (χ1v) is 8.32. The summed E-state index contributed by atoms with van der Waals surface area (Å²) in [7, 11) is 0. The van der Waals surface area contributed by atoms with Crippen LogP contribution in [0.5, 0.6) is 0 Å². The predicted molar refractivity (Wildman–Crippen MR) is 92.4 cm³/mol. The Balaban J connectivity index is 1.67. The summed E-state index contributed by atoms with van der Waals surface area (Å²) in [5.74, 6) is -0.123. The Labute approximate surface area is 143 Å². The van der Waals surface area contributed by atoms with Crippen LogP contribution in [-0.4, -0.2) is 45.7 Å². The molecule has 7 nitrogen and oxygen atoms in total. The zero-order valence-electron chi connectivity index (χ0n) is 14.1. The van der Waals surface area contributed by atoms with Gasteiger partial charge in [0.15, 0.2) is 0 Å². The number of para-hydroxylation sites is 1. The number of aromatic nitrogens is 2. The number of furan rings is 1. The number of hydrogen-bond acceptors (Lipinski definition) is 5. The molecule has 2 aromatic heterocycles. The van der Waals surface area contributed by atoms with Gasteiger partial charge in [-0.15, -0.1) is 0 Å². The van der Waals surface area contributed by atoms with E-state index < -0.39 is 0 Å². The number of carbonyl (C=O) groups excluding carboxylic acids is 1. The maximum absolute atomic E-state index is 12.7. The van der Waals surface area contributed by atoms with Crippen molar-refractivity contribution in [1.29, 1.82) is 0 Å². The molecule has 0 radical (unpaired) electrons. The Morgan fingerprint density at radius 2 is 2.12 bits per heavy atom. The van der Waals surface area contributed by atoms with Gasteiger partial charge in [0.25, 0.3) is 5.56 Å². The summed E-state index contributed by atoms with van der Waals surface area (Å²) in [6.07, 6.45) is 1.41. The van der Waals surface area contributed by atoms with Crippen LogP contribution in [0, 0.1) is 0 Å². The van der Waals surface area contributed by atoms with Gasteiger partial charge in [0, 0.05) is 11.9 Å². The Morgan fingerprint density at radius 1 is 1.32 bits per heavy atom. The number of nitrogens with zero attached hydrogens (tertiary/aromatic N) is 3. The Hall–Kier alpha value is -2.67. The highest BCUT2D eigenvalue weighted by Crippen LogP contribution is 2.24. The fourth-order valence-electron chi connectivity index (χ4n) is 3.22. The molecule has 1 aliphatic heterocycles. The summed E-state index contributed by atoms with van der Waals surface area (Å²) in [5.41, 5.74) is 0.975. The molecule has 25 heavy (non-hydrogen) atoms. The van der Waals surface area contributed by atoms with E-state index in [-0.39, 0.29) is 35.7 Å². The molecule has 1 aromatic carbocycles. The van der Waals surface area contributed by atoms with Gasteiger partial charge >= 0.3 is 0 Å². The van der Waals surface area contributed by atoms with Gasteiger partial charge in [0.1, 0.15) is 17.6 Å². The van der Waals surface area contributed by atoms with Crippen molar-refractivity contribution in [2.75, 3.05) is 13.2 Å². The molecule has 0 spiro atoms. The normalized spacial score (nSPS) is 21.1. The van der Waals surface area contributed by atoms with E-state index in [4.69, 9.17) is 9.15 Å². The second-order valence-electron chi connectivity index (χ2n) is 6.49. The Morgan fingerprint density at radius 3 is 2.96 bits per heavy atom. The first kappa shape index (κ1) is 15.8. The highest BCUT2D eigenvalue weighted by atomic mass is 16.5. The Kier molecular flexibility index (Phi) is 3.80. The van der Waals surface area contributed by atoms with Gasteiger partial charge < -0.3 is 14.1 Å². The summed E-state index contributed by atoms with van der Waals surface area (Å²) in [6.45, 7) is 4.83. The molecule has 4 rings (SSSR count). The minimum absolute atomic E-state index is 0.00662. The number of amides is 1. The van der Waals surface area contributed by atoms with Crippen LogP contribution in [0.25, 0.3) is 22.1 Å². The minimum Gasteiger partial charge on any atom is -0.448 e. The number of fused-ring (bicyclic) bond motifs is 3. The van der Waals surface area contributed by atoms with Gasteiger partial charge in [-0.05, 0) is 26.0 Å². The van der Waals surface area contributed by atoms with Crippen molar-refractivity contribution in [3.63, 3.8) is 0 Å². The van der Waals surface area contributed by atoms with E-state index in [1.165, 1.54) is 10.9 Å². The van der Waals surface area contributed by atoms with Crippen molar-refractivity contribution in [3.05, 3.63) is 40.9 Å². The molecule has 1 amide bonds. The molecule has 0 N–H and O–H groups in total. The maximum Gasteiger partial charge on any atom is 0.297 e. The van der Waals surface area contributed by atoms with E-state index >= 15 is 0 Å². The van der Waals surface area contributed by atoms with E-state index in [1.807, 2.05) is 32.0 Å². The molecule has 3 aromatic rings. The van der Waals surface area contributed by atoms with Crippen molar-refractivity contribution in [2.45, 2.75) is 32.5 Å². The number of rotatable bonds is 2. The van der Waals surface area contributed by atoms with Gasteiger partial charge in [-0.25, -0.2) is 4.98 Å². The predicted octanol–water partition coefficient (Wildman–Crippen LogP) is 1.78. The fourth-order valence-corrected chi connectivity index (χ4v) is 3.22. The van der Waals surface area contributed by atoms with Gasteiger partial charge in [-0.2, -0.15) is 0 Å². The first-order chi connectivity index (χ1) is 12.0. The Bertz CT molecular complexity index is 1010.